The standard InChI is InChI=1S/C16H24BrClN2/c1-11-5-3-4-6-15(11)20(2)16(10-19)13-8-7-12(18)9-14(13)17/h7-9,11,15-16H,3-6,10,19H2,1-2H3. The number of hydrogen-bond donors (Lipinski definition) is 1. The van der Waals surface area contributed by atoms with Gasteiger partial charge in [0.05, 0.1) is 0 Å². The zero-order valence-electron chi connectivity index (χ0n) is 12.3. The first-order valence-corrected chi connectivity index (χ1v) is 8.58. The molecule has 1 saturated carbocycles. The second-order valence-corrected chi connectivity index (χ2v) is 7.20. The maximum atomic E-state index is 6.07. The van der Waals surface area contributed by atoms with E-state index < -0.39 is 0 Å². The van der Waals surface area contributed by atoms with Crippen LogP contribution in [0.3, 0.4) is 0 Å². The molecular formula is C16H24BrClN2. The van der Waals surface area contributed by atoms with Crippen LogP contribution in [0.5, 0.6) is 0 Å². The molecule has 112 valence electrons. The molecule has 0 bridgehead atoms. The van der Waals surface area contributed by atoms with E-state index in [1.807, 2.05) is 12.1 Å². The highest BCUT2D eigenvalue weighted by Gasteiger charge is 2.30. The van der Waals surface area contributed by atoms with Gasteiger partial charge in [-0.1, -0.05) is 53.4 Å². The maximum absolute atomic E-state index is 6.07. The van der Waals surface area contributed by atoms with Crippen LogP contribution in [0, 0.1) is 5.92 Å². The highest BCUT2D eigenvalue weighted by atomic mass is 79.9. The molecule has 0 saturated heterocycles. The fourth-order valence-corrected chi connectivity index (χ4v) is 4.36. The number of rotatable bonds is 4. The molecule has 2 N–H and O–H groups in total. The van der Waals surface area contributed by atoms with Crippen molar-refractivity contribution in [2.75, 3.05) is 13.6 Å². The summed E-state index contributed by atoms with van der Waals surface area (Å²) >= 11 is 9.67. The average molecular weight is 360 g/mol. The molecule has 0 radical (unpaired) electrons. The van der Waals surface area contributed by atoms with E-state index in [1.54, 1.807) is 0 Å². The van der Waals surface area contributed by atoms with Crippen molar-refractivity contribution >= 4 is 27.5 Å². The molecule has 1 aliphatic rings. The smallest absolute Gasteiger partial charge is 0.0481 e. The summed E-state index contributed by atoms with van der Waals surface area (Å²) in [5, 5.41) is 0.755. The molecule has 4 heteroatoms. The molecule has 2 rings (SSSR count). The van der Waals surface area contributed by atoms with E-state index in [9.17, 15) is 0 Å². The molecule has 1 aromatic rings. The second-order valence-electron chi connectivity index (χ2n) is 5.91. The van der Waals surface area contributed by atoms with Crippen molar-refractivity contribution in [2.45, 2.75) is 44.7 Å². The maximum Gasteiger partial charge on any atom is 0.0481 e. The number of likely N-dealkylation sites (N-methyl/N-ethyl adjacent to an activating group) is 1. The van der Waals surface area contributed by atoms with Gasteiger partial charge in [-0.3, -0.25) is 4.90 Å². The van der Waals surface area contributed by atoms with E-state index in [4.69, 9.17) is 17.3 Å². The van der Waals surface area contributed by atoms with Crippen molar-refractivity contribution < 1.29 is 0 Å². The van der Waals surface area contributed by atoms with Crippen LogP contribution in [-0.4, -0.2) is 24.5 Å². The topological polar surface area (TPSA) is 29.3 Å². The summed E-state index contributed by atoms with van der Waals surface area (Å²) in [6, 6.07) is 6.86. The Bertz CT molecular complexity index is 452. The van der Waals surface area contributed by atoms with Gasteiger partial charge in [-0.25, -0.2) is 0 Å². The summed E-state index contributed by atoms with van der Waals surface area (Å²) in [4.78, 5) is 2.47. The lowest BCUT2D eigenvalue weighted by Gasteiger charge is -2.41. The van der Waals surface area contributed by atoms with Gasteiger partial charge in [0.25, 0.3) is 0 Å². The second kappa shape index (κ2) is 7.26. The quantitative estimate of drug-likeness (QED) is 0.850. The molecule has 3 atom stereocenters. The van der Waals surface area contributed by atoms with E-state index >= 15 is 0 Å². The molecule has 3 unspecified atom stereocenters. The summed E-state index contributed by atoms with van der Waals surface area (Å²) in [7, 11) is 2.21. The van der Waals surface area contributed by atoms with Gasteiger partial charge in [-0.05, 0) is 43.5 Å². The monoisotopic (exact) mass is 358 g/mol. The molecule has 0 heterocycles. The van der Waals surface area contributed by atoms with Gasteiger partial charge in [0.1, 0.15) is 0 Å². The summed E-state index contributed by atoms with van der Waals surface area (Å²) in [6.45, 7) is 2.99. The summed E-state index contributed by atoms with van der Waals surface area (Å²) in [5.74, 6) is 0.744. The third-order valence-corrected chi connectivity index (χ3v) is 5.55. The molecule has 1 fully saturated rings. The molecule has 0 amide bonds. The lowest BCUT2D eigenvalue weighted by atomic mass is 9.84. The third-order valence-electron chi connectivity index (χ3n) is 4.63. The number of nitrogens with zero attached hydrogens (tertiary/aromatic N) is 1. The molecule has 1 aliphatic carbocycles. The van der Waals surface area contributed by atoms with Crippen LogP contribution >= 0.6 is 27.5 Å². The molecule has 0 aliphatic heterocycles. The van der Waals surface area contributed by atoms with Crippen LogP contribution in [-0.2, 0) is 0 Å². The van der Waals surface area contributed by atoms with Gasteiger partial charge in [-0.15, -0.1) is 0 Å². The van der Waals surface area contributed by atoms with Gasteiger partial charge in [0, 0.05) is 28.1 Å². The van der Waals surface area contributed by atoms with Crippen LogP contribution in [0.1, 0.15) is 44.2 Å². The van der Waals surface area contributed by atoms with Gasteiger partial charge < -0.3 is 5.73 Å². The van der Waals surface area contributed by atoms with Crippen molar-refractivity contribution in [3.63, 3.8) is 0 Å². The predicted octanol–water partition coefficient (Wildman–Crippen LogP) is 4.61. The highest BCUT2D eigenvalue weighted by molar-refractivity contribution is 9.10. The molecule has 1 aromatic carbocycles. The van der Waals surface area contributed by atoms with E-state index in [2.05, 4.69) is 40.9 Å². The zero-order chi connectivity index (χ0) is 14.7. The fourth-order valence-electron chi connectivity index (χ4n) is 3.42. The van der Waals surface area contributed by atoms with Crippen molar-refractivity contribution in [3.05, 3.63) is 33.3 Å². The Balaban J connectivity index is 2.22. The van der Waals surface area contributed by atoms with Crippen molar-refractivity contribution in [1.29, 1.82) is 0 Å². The largest absolute Gasteiger partial charge is 0.329 e. The van der Waals surface area contributed by atoms with Gasteiger partial charge in [0.2, 0.25) is 0 Å². The van der Waals surface area contributed by atoms with Crippen LogP contribution in [0.15, 0.2) is 22.7 Å². The Labute approximate surface area is 135 Å². The summed E-state index contributed by atoms with van der Waals surface area (Å²) in [6.07, 6.45) is 5.30. The van der Waals surface area contributed by atoms with Gasteiger partial charge in [-0.2, -0.15) is 0 Å². The van der Waals surface area contributed by atoms with Crippen molar-refractivity contribution in [2.24, 2.45) is 11.7 Å². The van der Waals surface area contributed by atoms with E-state index in [0.717, 1.165) is 15.4 Å². The minimum Gasteiger partial charge on any atom is -0.329 e. The Morgan fingerprint density at radius 3 is 2.70 bits per heavy atom. The van der Waals surface area contributed by atoms with E-state index in [0.29, 0.717) is 12.6 Å². The normalized spacial score (nSPS) is 24.9. The molecule has 2 nitrogen and oxygen atoms in total. The lowest BCUT2D eigenvalue weighted by Crippen LogP contribution is -2.43. The summed E-state index contributed by atoms with van der Waals surface area (Å²) < 4.78 is 1.05. The number of benzene rings is 1. The van der Waals surface area contributed by atoms with E-state index in [-0.39, 0.29) is 6.04 Å². The Morgan fingerprint density at radius 1 is 1.40 bits per heavy atom. The summed E-state index contributed by atoms with van der Waals surface area (Å²) in [5.41, 5.74) is 7.30. The lowest BCUT2D eigenvalue weighted by molar-refractivity contribution is 0.0989. The first-order valence-electron chi connectivity index (χ1n) is 7.41. The van der Waals surface area contributed by atoms with Crippen LogP contribution in [0.4, 0.5) is 0 Å². The fraction of sp³-hybridized carbons (Fsp3) is 0.625. The molecule has 0 aromatic heterocycles. The van der Waals surface area contributed by atoms with Gasteiger partial charge >= 0.3 is 0 Å². The Hall–Kier alpha value is -0.0900. The Kier molecular flexibility index (Phi) is 5.91. The molecular weight excluding hydrogens is 336 g/mol. The predicted molar refractivity (Wildman–Crippen MR) is 90.1 cm³/mol. The minimum atomic E-state index is 0.243. The minimum absolute atomic E-state index is 0.243. The van der Waals surface area contributed by atoms with Crippen LogP contribution in [0.25, 0.3) is 0 Å². The first-order chi connectivity index (χ1) is 9.54. The highest BCUT2D eigenvalue weighted by Crippen LogP contribution is 2.35. The number of hydrogen-bond acceptors (Lipinski definition) is 2. The number of nitrogens with two attached hydrogens (primary N) is 1. The number of halogens is 2. The SMILES string of the molecule is CC1CCCCC1N(C)C(CN)c1ccc(Cl)cc1Br. The average Bonchev–Trinajstić information content (AvgIpc) is 2.42. The van der Waals surface area contributed by atoms with Crippen LogP contribution in [0.2, 0.25) is 5.02 Å². The Morgan fingerprint density at radius 2 is 2.10 bits per heavy atom. The van der Waals surface area contributed by atoms with Gasteiger partial charge in [0.15, 0.2) is 0 Å². The molecule has 20 heavy (non-hydrogen) atoms. The van der Waals surface area contributed by atoms with E-state index in [1.165, 1.54) is 31.2 Å². The zero-order valence-corrected chi connectivity index (χ0v) is 14.6. The first kappa shape index (κ1) is 16.3. The molecule has 0 spiro atoms. The van der Waals surface area contributed by atoms with Crippen molar-refractivity contribution in [3.8, 4) is 0 Å². The third kappa shape index (κ3) is 3.56. The van der Waals surface area contributed by atoms with Crippen molar-refractivity contribution in [1.82, 2.24) is 4.90 Å². The van der Waals surface area contributed by atoms with Crippen LogP contribution < -0.4 is 5.73 Å².